The molecule has 2 amide bonds. The predicted octanol–water partition coefficient (Wildman–Crippen LogP) is 2.35. The Morgan fingerprint density at radius 1 is 1.18 bits per heavy atom. The standard InChI is InChI=1S/C24H26ClN3O5S/c1-2-22(29)27-23-13-18-14-28(15-21(18)33-23)34(31,32)20-8-6-17(7-9-20)24(30)26-11-10-16-4-3-5-19(25)12-16/h2-9,12,18,21,23H,1,10-11,13-15H2,(H,26,30)(H,27,29). The molecule has 0 aromatic heterocycles. The summed E-state index contributed by atoms with van der Waals surface area (Å²) in [6.45, 7) is 4.39. The van der Waals surface area contributed by atoms with Crippen LogP contribution in [0.25, 0.3) is 0 Å². The van der Waals surface area contributed by atoms with Crippen LogP contribution in [0.2, 0.25) is 5.02 Å². The summed E-state index contributed by atoms with van der Waals surface area (Å²) < 4.78 is 33.4. The largest absolute Gasteiger partial charge is 0.354 e. The number of hydrogen-bond acceptors (Lipinski definition) is 5. The van der Waals surface area contributed by atoms with Crippen molar-refractivity contribution in [3.05, 3.63) is 77.3 Å². The maximum Gasteiger partial charge on any atom is 0.251 e. The van der Waals surface area contributed by atoms with Crippen molar-refractivity contribution in [1.82, 2.24) is 14.9 Å². The number of nitrogens with zero attached hydrogens (tertiary/aromatic N) is 1. The summed E-state index contributed by atoms with van der Waals surface area (Å²) in [6.07, 6.45) is 1.66. The van der Waals surface area contributed by atoms with E-state index < -0.39 is 16.3 Å². The van der Waals surface area contributed by atoms with Crippen LogP contribution >= 0.6 is 11.6 Å². The van der Waals surface area contributed by atoms with Crippen molar-refractivity contribution in [1.29, 1.82) is 0 Å². The van der Waals surface area contributed by atoms with Gasteiger partial charge in [0.25, 0.3) is 5.91 Å². The van der Waals surface area contributed by atoms with Crippen molar-refractivity contribution < 1.29 is 22.7 Å². The number of rotatable bonds is 8. The van der Waals surface area contributed by atoms with Crippen LogP contribution in [0.5, 0.6) is 0 Å². The summed E-state index contributed by atoms with van der Waals surface area (Å²) in [6, 6.07) is 13.4. The van der Waals surface area contributed by atoms with Crippen LogP contribution in [0.4, 0.5) is 0 Å². The summed E-state index contributed by atoms with van der Waals surface area (Å²) in [7, 11) is -3.72. The highest BCUT2D eigenvalue weighted by atomic mass is 35.5. The van der Waals surface area contributed by atoms with Gasteiger partial charge in [0.1, 0.15) is 6.23 Å². The molecule has 2 aromatic rings. The van der Waals surface area contributed by atoms with Gasteiger partial charge in [-0.2, -0.15) is 4.31 Å². The molecule has 0 aliphatic carbocycles. The molecular weight excluding hydrogens is 478 g/mol. The molecular formula is C24H26ClN3O5S. The fourth-order valence-corrected chi connectivity index (χ4v) is 6.00. The molecule has 2 aliphatic rings. The normalized spacial score (nSPS) is 22.2. The van der Waals surface area contributed by atoms with Crippen LogP contribution in [-0.4, -0.2) is 56.5 Å². The SMILES string of the molecule is C=CC(=O)NC1CC2CN(S(=O)(=O)c3ccc(C(=O)NCCc4cccc(Cl)c4)cc3)CC2O1. The number of nitrogens with one attached hydrogen (secondary N) is 2. The Bertz CT molecular complexity index is 1170. The van der Waals surface area contributed by atoms with Gasteiger partial charge in [-0.25, -0.2) is 8.42 Å². The van der Waals surface area contributed by atoms with Crippen molar-refractivity contribution in [2.45, 2.75) is 30.1 Å². The molecule has 3 atom stereocenters. The monoisotopic (exact) mass is 503 g/mol. The molecule has 0 radical (unpaired) electrons. The van der Waals surface area contributed by atoms with Crippen LogP contribution in [0, 0.1) is 5.92 Å². The molecule has 8 nitrogen and oxygen atoms in total. The average molecular weight is 504 g/mol. The zero-order chi connectivity index (χ0) is 24.3. The first kappa shape index (κ1) is 24.4. The summed E-state index contributed by atoms with van der Waals surface area (Å²) in [5, 5.41) is 6.18. The molecule has 3 unspecified atom stereocenters. The lowest BCUT2D eigenvalue weighted by atomic mass is 10.1. The molecule has 34 heavy (non-hydrogen) atoms. The molecule has 0 saturated carbocycles. The van der Waals surface area contributed by atoms with E-state index in [0.717, 1.165) is 5.56 Å². The highest BCUT2D eigenvalue weighted by Gasteiger charge is 2.46. The quantitative estimate of drug-likeness (QED) is 0.538. The van der Waals surface area contributed by atoms with Gasteiger partial charge in [0, 0.05) is 36.1 Å². The van der Waals surface area contributed by atoms with Gasteiger partial charge in [-0.3, -0.25) is 9.59 Å². The van der Waals surface area contributed by atoms with E-state index in [2.05, 4.69) is 17.2 Å². The molecule has 10 heteroatoms. The summed E-state index contributed by atoms with van der Waals surface area (Å²) in [5.74, 6) is -0.583. The minimum absolute atomic E-state index is 0.00874. The molecule has 180 valence electrons. The minimum atomic E-state index is -3.72. The Morgan fingerprint density at radius 2 is 1.94 bits per heavy atom. The van der Waals surface area contributed by atoms with E-state index in [1.807, 2.05) is 18.2 Å². The Kier molecular flexibility index (Phi) is 7.37. The lowest BCUT2D eigenvalue weighted by Crippen LogP contribution is -2.37. The number of hydrogen-bond donors (Lipinski definition) is 2. The second-order valence-electron chi connectivity index (χ2n) is 8.35. The van der Waals surface area contributed by atoms with Crippen LogP contribution in [-0.2, 0) is 26.0 Å². The van der Waals surface area contributed by atoms with E-state index in [4.69, 9.17) is 16.3 Å². The molecule has 2 aliphatic heterocycles. The Hall–Kier alpha value is -2.72. The molecule has 2 aromatic carbocycles. The molecule has 2 saturated heterocycles. The van der Waals surface area contributed by atoms with Gasteiger partial charge in [-0.15, -0.1) is 0 Å². The van der Waals surface area contributed by atoms with Gasteiger partial charge >= 0.3 is 0 Å². The van der Waals surface area contributed by atoms with Crippen molar-refractivity contribution >= 4 is 33.4 Å². The number of amides is 2. The van der Waals surface area contributed by atoms with Gasteiger partial charge in [-0.05, 0) is 60.9 Å². The highest BCUT2D eigenvalue weighted by molar-refractivity contribution is 7.89. The molecule has 2 N–H and O–H groups in total. The fourth-order valence-electron chi connectivity index (χ4n) is 4.27. The first-order valence-electron chi connectivity index (χ1n) is 11.0. The topological polar surface area (TPSA) is 105 Å². The number of ether oxygens (including phenoxy) is 1. The predicted molar refractivity (Wildman–Crippen MR) is 128 cm³/mol. The second-order valence-corrected chi connectivity index (χ2v) is 10.7. The Morgan fingerprint density at radius 3 is 2.62 bits per heavy atom. The third-order valence-corrected chi connectivity index (χ3v) is 8.12. The van der Waals surface area contributed by atoms with E-state index in [-0.39, 0.29) is 35.3 Å². The zero-order valence-electron chi connectivity index (χ0n) is 18.4. The summed E-state index contributed by atoms with van der Waals surface area (Å²) in [5.41, 5.74) is 1.40. The van der Waals surface area contributed by atoms with Gasteiger partial charge in [-0.1, -0.05) is 30.3 Å². The number of fused-ring (bicyclic) bond motifs is 1. The van der Waals surface area contributed by atoms with Crippen molar-refractivity contribution in [3.8, 4) is 0 Å². The third-order valence-electron chi connectivity index (χ3n) is 6.03. The average Bonchev–Trinajstić information content (AvgIpc) is 3.38. The number of halogens is 1. The van der Waals surface area contributed by atoms with E-state index >= 15 is 0 Å². The lowest BCUT2D eigenvalue weighted by Gasteiger charge is -2.19. The third kappa shape index (κ3) is 5.50. The zero-order valence-corrected chi connectivity index (χ0v) is 20.0. The number of sulfonamides is 1. The van der Waals surface area contributed by atoms with E-state index in [9.17, 15) is 18.0 Å². The van der Waals surface area contributed by atoms with Crippen LogP contribution < -0.4 is 10.6 Å². The van der Waals surface area contributed by atoms with Gasteiger partial charge in [0.05, 0.1) is 11.0 Å². The molecule has 0 spiro atoms. The van der Waals surface area contributed by atoms with Crippen LogP contribution in [0.15, 0.2) is 66.1 Å². The Labute approximate surface area is 204 Å². The van der Waals surface area contributed by atoms with E-state index in [1.165, 1.54) is 34.6 Å². The molecule has 0 bridgehead atoms. The smallest absolute Gasteiger partial charge is 0.251 e. The fraction of sp³-hybridized carbons (Fsp3) is 0.333. The second kappa shape index (κ2) is 10.3. The van der Waals surface area contributed by atoms with Crippen LogP contribution in [0.3, 0.4) is 0 Å². The van der Waals surface area contributed by atoms with Crippen molar-refractivity contribution in [2.24, 2.45) is 5.92 Å². The lowest BCUT2D eigenvalue weighted by molar-refractivity contribution is -0.120. The summed E-state index contributed by atoms with van der Waals surface area (Å²) >= 11 is 5.97. The van der Waals surface area contributed by atoms with E-state index in [0.29, 0.717) is 36.5 Å². The molecule has 2 heterocycles. The van der Waals surface area contributed by atoms with Gasteiger partial charge < -0.3 is 15.4 Å². The van der Waals surface area contributed by atoms with Gasteiger partial charge in [0.2, 0.25) is 15.9 Å². The number of benzene rings is 2. The Balaban J connectivity index is 1.31. The van der Waals surface area contributed by atoms with Crippen molar-refractivity contribution in [3.63, 3.8) is 0 Å². The first-order chi connectivity index (χ1) is 16.3. The summed E-state index contributed by atoms with van der Waals surface area (Å²) in [4.78, 5) is 24.0. The van der Waals surface area contributed by atoms with E-state index in [1.54, 1.807) is 6.07 Å². The maximum absolute atomic E-state index is 13.1. The number of carbonyl (C=O) groups excluding carboxylic acids is 2. The minimum Gasteiger partial charge on any atom is -0.354 e. The molecule has 4 rings (SSSR count). The van der Waals surface area contributed by atoms with Crippen molar-refractivity contribution in [2.75, 3.05) is 19.6 Å². The first-order valence-corrected chi connectivity index (χ1v) is 12.8. The molecule has 2 fully saturated rings. The van der Waals surface area contributed by atoms with Gasteiger partial charge in [0.15, 0.2) is 0 Å². The number of carbonyl (C=O) groups is 2. The highest BCUT2D eigenvalue weighted by Crippen LogP contribution is 2.34. The maximum atomic E-state index is 13.1. The van der Waals surface area contributed by atoms with Crippen LogP contribution in [0.1, 0.15) is 22.3 Å².